The Morgan fingerprint density at radius 2 is 0.948 bits per heavy atom. The summed E-state index contributed by atoms with van der Waals surface area (Å²) in [5, 5.41) is 70.6. The number of carboxylic acids is 1. The number of nitrogens with one attached hydrogen (secondary N) is 16. The van der Waals surface area contributed by atoms with Gasteiger partial charge in [-0.2, -0.15) is 0 Å². The maximum atomic E-state index is 16.3. The Labute approximate surface area is 448 Å². The first-order chi connectivity index (χ1) is 36.2. The second-order valence-corrected chi connectivity index (χ2v) is 19.3. The summed E-state index contributed by atoms with van der Waals surface area (Å²) in [7, 11) is 0. The van der Waals surface area contributed by atoms with Crippen LogP contribution >= 0.6 is 23.5 Å². The van der Waals surface area contributed by atoms with Crippen LogP contribution in [0.25, 0.3) is 0 Å². The fourth-order valence-electron chi connectivity index (χ4n) is 7.14. The van der Waals surface area contributed by atoms with Crippen molar-refractivity contribution < 1.29 is 56.2 Å². The molecule has 4 amide bonds. The van der Waals surface area contributed by atoms with E-state index in [0.29, 0.717) is 0 Å². The van der Waals surface area contributed by atoms with Crippen LogP contribution < -0.4 is 87.2 Å². The molecule has 2 heterocycles. The molecule has 1 aromatic rings. The highest BCUT2D eigenvalue weighted by Gasteiger charge is 2.39. The van der Waals surface area contributed by atoms with Gasteiger partial charge in [0.05, 0.1) is 27.9 Å². The van der Waals surface area contributed by atoms with Crippen molar-refractivity contribution in [3.63, 3.8) is 0 Å². The molecule has 77 heavy (non-hydrogen) atoms. The molecule has 0 aliphatic carbocycles. The van der Waals surface area contributed by atoms with Crippen molar-refractivity contribution in [3.8, 4) is 0 Å². The molecule has 0 saturated carbocycles. The van der Waals surface area contributed by atoms with Crippen molar-refractivity contribution in [2.75, 3.05) is 39.3 Å². The Morgan fingerprint density at radius 1 is 0.571 bits per heavy atom. The number of Topliss-reactive ketones (excluding diaryl/α,β-unsaturated/α-hetero) is 2. The van der Waals surface area contributed by atoms with Crippen LogP contribution in [-0.4, -0.2) is 156 Å². The minimum Gasteiger partial charge on any atom is -0.480 e. The van der Waals surface area contributed by atoms with Gasteiger partial charge in [-0.05, 0) is 71.1 Å². The smallest absolute Gasteiger partial charge is 0.322 e. The van der Waals surface area contributed by atoms with Crippen LogP contribution in [0, 0.1) is 50.3 Å². The summed E-state index contributed by atoms with van der Waals surface area (Å²) >= 11 is -0.0772. The summed E-state index contributed by atoms with van der Waals surface area (Å²) in [6, 6.07) is -7.90. The molecular formula is C42H69F4N21O8S2. The average Bonchev–Trinajstić information content (AvgIpc) is 3.34. The molecule has 35 heteroatoms. The van der Waals surface area contributed by atoms with E-state index in [4.69, 9.17) is 55.7 Å². The van der Waals surface area contributed by atoms with Gasteiger partial charge >= 0.3 is 5.97 Å². The number of rotatable bonds is 30. The van der Waals surface area contributed by atoms with E-state index in [1.54, 1.807) is 0 Å². The largest absolute Gasteiger partial charge is 0.480 e. The van der Waals surface area contributed by atoms with Gasteiger partial charge < -0.3 is 81.6 Å². The number of thioether (sulfide) groups is 2. The van der Waals surface area contributed by atoms with E-state index >= 15 is 22.4 Å². The predicted molar refractivity (Wildman–Crippen MR) is 277 cm³/mol. The minimum absolute atomic E-state index is 0.00731. The zero-order chi connectivity index (χ0) is 57.9. The minimum atomic E-state index is -2.11. The first kappa shape index (κ1) is 65.7. The zero-order valence-corrected chi connectivity index (χ0v) is 43.5. The SMILES string of the molecule is CC(=O)C1N[C@@H](CCCNC(=N)N)C(=O)N[C@@H](CCCNC(=N)N)C(=O)C(N[C@@H](CCCNC(=N)N)C(=O)N[C@@H](CCCNC(=N)N)C(=O)N[C@@H](CCCNC(=N)N)C(=O)NCC(=O)O)Sc2c(F)c(F)c(c(F)c2F)S1. The third kappa shape index (κ3) is 24.0. The van der Waals surface area contributed by atoms with Gasteiger partial charge in [0.2, 0.25) is 23.6 Å². The summed E-state index contributed by atoms with van der Waals surface area (Å²) < 4.78 is 64.8. The predicted octanol–water partition coefficient (Wildman–Crippen LogP) is -3.86. The second kappa shape index (κ2) is 33.6. The number of amides is 4. The van der Waals surface area contributed by atoms with E-state index < -0.39 is 152 Å². The van der Waals surface area contributed by atoms with Crippen molar-refractivity contribution in [3.05, 3.63) is 23.3 Å². The fraction of sp³-hybridized carbons (Fsp3) is 0.571. The highest BCUT2D eigenvalue weighted by Crippen LogP contribution is 2.39. The summed E-state index contributed by atoms with van der Waals surface area (Å²) in [4.78, 5) is 92.8. The van der Waals surface area contributed by atoms with Crippen LogP contribution in [0.3, 0.4) is 0 Å². The lowest BCUT2D eigenvalue weighted by Crippen LogP contribution is -2.59. The molecule has 430 valence electrons. The van der Waals surface area contributed by atoms with Crippen LogP contribution in [0.1, 0.15) is 71.1 Å². The number of hydrogen-bond acceptors (Lipinski definition) is 16. The lowest BCUT2D eigenvalue weighted by molar-refractivity contribution is -0.138. The first-order valence-electron chi connectivity index (χ1n) is 23.8. The van der Waals surface area contributed by atoms with Gasteiger partial charge in [0.1, 0.15) is 29.4 Å². The number of halogens is 4. The van der Waals surface area contributed by atoms with E-state index in [2.05, 4.69) is 58.5 Å². The molecule has 1 aromatic carbocycles. The molecular weight excluding hydrogens is 1070 g/mol. The number of ketones is 2. The Bertz CT molecular complexity index is 2300. The zero-order valence-electron chi connectivity index (χ0n) is 41.9. The number of hydrogen-bond donors (Lipinski definition) is 22. The van der Waals surface area contributed by atoms with Gasteiger partial charge in [0.25, 0.3) is 0 Å². The molecule has 0 fully saturated rings. The van der Waals surface area contributed by atoms with E-state index in [9.17, 15) is 33.9 Å². The van der Waals surface area contributed by atoms with Crippen molar-refractivity contribution in [2.45, 2.75) is 122 Å². The van der Waals surface area contributed by atoms with Crippen molar-refractivity contribution >= 4 is 94.5 Å². The van der Waals surface area contributed by atoms with Gasteiger partial charge in [-0.1, -0.05) is 23.5 Å². The quantitative estimate of drug-likeness (QED) is 0.0115. The molecule has 0 radical (unpaired) electrons. The number of nitrogens with two attached hydrogens (primary N) is 5. The number of carboxylic acid groups (broad SMARTS) is 1. The number of benzene rings is 1. The monoisotopic (exact) mass is 1140 g/mol. The van der Waals surface area contributed by atoms with Gasteiger partial charge in [0.15, 0.2) is 64.6 Å². The van der Waals surface area contributed by atoms with Crippen molar-refractivity contribution in [2.24, 2.45) is 28.7 Å². The van der Waals surface area contributed by atoms with Crippen molar-refractivity contribution in [1.82, 2.24) is 58.5 Å². The normalized spacial score (nSPS) is 17.7. The Morgan fingerprint density at radius 3 is 1.36 bits per heavy atom. The molecule has 2 aliphatic rings. The first-order valence-corrected chi connectivity index (χ1v) is 25.5. The van der Waals surface area contributed by atoms with Crippen LogP contribution in [0.2, 0.25) is 0 Å². The third-order valence-corrected chi connectivity index (χ3v) is 13.4. The Hall–Kier alpha value is -7.40. The van der Waals surface area contributed by atoms with E-state index in [1.165, 1.54) is 0 Å². The van der Waals surface area contributed by atoms with E-state index in [-0.39, 0.29) is 120 Å². The molecule has 0 aromatic heterocycles. The fourth-order valence-corrected chi connectivity index (χ4v) is 9.30. The maximum absolute atomic E-state index is 16.3. The number of carbonyl (C=O) groups is 7. The lowest BCUT2D eigenvalue weighted by atomic mass is 10.0. The highest BCUT2D eigenvalue weighted by molar-refractivity contribution is 8.01. The van der Waals surface area contributed by atoms with E-state index in [0.717, 1.165) is 6.92 Å². The summed E-state index contributed by atoms with van der Waals surface area (Å²) in [5.41, 5.74) is 27.1. The number of guanidine groups is 5. The number of fused-ring (bicyclic) bond motifs is 11. The van der Waals surface area contributed by atoms with Crippen molar-refractivity contribution in [1.29, 1.82) is 27.0 Å². The van der Waals surface area contributed by atoms with Crippen LogP contribution in [0.5, 0.6) is 0 Å². The summed E-state index contributed by atoms with van der Waals surface area (Å²) in [6.45, 7) is -0.00537. The average molecular weight is 1140 g/mol. The Kier molecular flexibility index (Phi) is 28.7. The number of carbonyl (C=O) groups excluding carboxylic acids is 6. The van der Waals surface area contributed by atoms with Crippen LogP contribution in [0.15, 0.2) is 9.79 Å². The van der Waals surface area contributed by atoms with Gasteiger partial charge in [0, 0.05) is 32.7 Å². The molecule has 0 saturated heterocycles. The standard InChI is InChI=1S/C42H69F4N21O8S2/c1-18(68)36-66-22(10-5-15-60-41(53)54)34(74)63-19(7-2-12-57-38(47)48)29(71)37(77-31-27(45)25(43)30(76-36)26(44)28(31)46)67-23(11-6-16-61-42(55)56)35(75)65-21(9-4-14-59-40(51)52)33(73)64-20(8-3-13-58-39(49)50)32(72)62-17-24(69)70/h19-23,36-37,66-67H,2-17H2,1H3,(H,62,72)(H,63,74)(H,64,73)(H,65,75)(H,69,70)(H4,47,48,57)(H4,49,50,58)(H4,51,52,59)(H4,53,54,60)(H4,55,56,61)/t19-,20-,21-,22-,23-,36?,37?/m0/s1. The molecule has 2 unspecified atom stereocenters. The molecule has 29 nitrogen and oxygen atoms in total. The van der Waals surface area contributed by atoms with Gasteiger partial charge in [-0.15, -0.1) is 0 Å². The topological polar surface area (TPSA) is 521 Å². The van der Waals surface area contributed by atoms with Crippen LogP contribution in [-0.2, 0) is 33.6 Å². The highest BCUT2D eigenvalue weighted by atomic mass is 32.2. The maximum Gasteiger partial charge on any atom is 0.322 e. The second-order valence-electron chi connectivity index (χ2n) is 17.1. The Balaban J connectivity index is 2.87. The molecule has 7 atom stereocenters. The molecule has 2 bridgehead atoms. The molecule has 3 rings (SSSR count). The molecule has 0 spiro atoms. The van der Waals surface area contributed by atoms with E-state index in [1.807, 2.05) is 0 Å². The summed E-state index contributed by atoms with van der Waals surface area (Å²) in [6.07, 6.45) is -1.22. The molecule has 2 aliphatic heterocycles. The van der Waals surface area contributed by atoms with Crippen LogP contribution in [0.4, 0.5) is 17.6 Å². The number of aliphatic carboxylic acids is 1. The molecule has 27 N–H and O–H groups in total. The van der Waals surface area contributed by atoms with Gasteiger partial charge in [-0.25, -0.2) is 17.6 Å². The summed E-state index contributed by atoms with van der Waals surface area (Å²) in [5.74, 6) is -17.6. The third-order valence-electron chi connectivity index (χ3n) is 10.9. The van der Waals surface area contributed by atoms with Gasteiger partial charge in [-0.3, -0.25) is 71.2 Å². The lowest BCUT2D eigenvalue weighted by Gasteiger charge is -2.31.